The zero-order chi connectivity index (χ0) is 16.5. The van der Waals surface area contributed by atoms with Gasteiger partial charge in [0.2, 0.25) is 0 Å². The molecule has 0 aliphatic rings. The summed E-state index contributed by atoms with van der Waals surface area (Å²) in [6, 6.07) is 21.2. The maximum absolute atomic E-state index is 12.0. The molecule has 24 heavy (non-hydrogen) atoms. The van der Waals surface area contributed by atoms with Crippen molar-refractivity contribution in [1.29, 1.82) is 0 Å². The van der Waals surface area contributed by atoms with Crippen LogP contribution in [0.5, 0.6) is 5.75 Å². The summed E-state index contributed by atoms with van der Waals surface area (Å²) in [6.45, 7) is 0.320. The van der Waals surface area contributed by atoms with Crippen LogP contribution in [0.15, 0.2) is 75.9 Å². The topological polar surface area (TPSA) is 39.4 Å². The van der Waals surface area contributed by atoms with Crippen LogP contribution in [0.25, 0.3) is 21.7 Å². The molecule has 0 fully saturated rings. The SMILES string of the molecule is O=c1cc(COc2cccc(I)c2)c2ccc3ccccc3c2o1. The Balaban J connectivity index is 1.80. The highest BCUT2D eigenvalue weighted by Crippen LogP contribution is 2.27. The molecule has 118 valence electrons. The summed E-state index contributed by atoms with van der Waals surface area (Å²) in [5, 5.41) is 2.88. The van der Waals surface area contributed by atoms with Crippen molar-refractivity contribution in [2.24, 2.45) is 0 Å². The molecule has 0 spiro atoms. The molecule has 0 N–H and O–H groups in total. The van der Waals surface area contributed by atoms with E-state index < -0.39 is 0 Å². The smallest absolute Gasteiger partial charge is 0.336 e. The number of hydrogen-bond donors (Lipinski definition) is 0. The van der Waals surface area contributed by atoms with Crippen molar-refractivity contribution in [3.63, 3.8) is 0 Å². The van der Waals surface area contributed by atoms with Crippen molar-refractivity contribution >= 4 is 44.3 Å². The van der Waals surface area contributed by atoms with E-state index in [9.17, 15) is 4.79 Å². The first-order valence-electron chi connectivity index (χ1n) is 7.53. The van der Waals surface area contributed by atoms with Gasteiger partial charge in [-0.1, -0.05) is 42.5 Å². The van der Waals surface area contributed by atoms with Gasteiger partial charge in [-0.25, -0.2) is 4.79 Å². The Bertz CT molecular complexity index is 1100. The van der Waals surface area contributed by atoms with Gasteiger partial charge >= 0.3 is 5.63 Å². The highest BCUT2D eigenvalue weighted by Gasteiger charge is 2.09. The Morgan fingerprint density at radius 3 is 2.67 bits per heavy atom. The van der Waals surface area contributed by atoms with E-state index in [1.165, 1.54) is 6.07 Å². The minimum Gasteiger partial charge on any atom is -0.489 e. The molecular weight excluding hydrogens is 415 g/mol. The van der Waals surface area contributed by atoms with E-state index >= 15 is 0 Å². The van der Waals surface area contributed by atoms with Gasteiger partial charge in [0.05, 0.1) is 0 Å². The second-order valence-electron chi connectivity index (χ2n) is 5.50. The van der Waals surface area contributed by atoms with E-state index in [1.807, 2.05) is 60.7 Å². The first-order chi connectivity index (χ1) is 11.7. The number of halogens is 1. The fourth-order valence-corrected chi connectivity index (χ4v) is 3.31. The van der Waals surface area contributed by atoms with Crippen molar-refractivity contribution in [2.45, 2.75) is 6.61 Å². The van der Waals surface area contributed by atoms with Crippen molar-refractivity contribution in [2.75, 3.05) is 0 Å². The molecule has 0 atom stereocenters. The van der Waals surface area contributed by atoms with E-state index in [0.29, 0.717) is 12.2 Å². The van der Waals surface area contributed by atoms with Gasteiger partial charge in [0.1, 0.15) is 17.9 Å². The molecule has 1 heterocycles. The molecule has 0 aliphatic carbocycles. The lowest BCUT2D eigenvalue weighted by molar-refractivity contribution is 0.306. The van der Waals surface area contributed by atoms with Crippen molar-refractivity contribution < 1.29 is 9.15 Å². The van der Waals surface area contributed by atoms with Crippen molar-refractivity contribution in [3.8, 4) is 5.75 Å². The summed E-state index contributed by atoms with van der Waals surface area (Å²) in [4.78, 5) is 12.0. The highest BCUT2D eigenvalue weighted by atomic mass is 127. The molecule has 0 unspecified atom stereocenters. The van der Waals surface area contributed by atoms with E-state index in [0.717, 1.165) is 31.0 Å². The first-order valence-corrected chi connectivity index (χ1v) is 8.61. The van der Waals surface area contributed by atoms with Crippen LogP contribution in [0, 0.1) is 3.57 Å². The third-order valence-corrected chi connectivity index (χ3v) is 4.58. The molecule has 0 aliphatic heterocycles. The largest absolute Gasteiger partial charge is 0.489 e. The van der Waals surface area contributed by atoms with Crippen molar-refractivity contribution in [3.05, 3.63) is 86.3 Å². The zero-order valence-corrected chi connectivity index (χ0v) is 14.8. The highest BCUT2D eigenvalue weighted by molar-refractivity contribution is 14.1. The molecule has 4 aromatic rings. The molecule has 4 rings (SSSR count). The number of rotatable bonds is 3. The van der Waals surface area contributed by atoms with Crippen LogP contribution < -0.4 is 10.4 Å². The summed E-state index contributed by atoms with van der Waals surface area (Å²) in [6.07, 6.45) is 0. The molecule has 0 saturated carbocycles. The van der Waals surface area contributed by atoms with Crippen molar-refractivity contribution in [1.82, 2.24) is 0 Å². The number of fused-ring (bicyclic) bond motifs is 3. The van der Waals surface area contributed by atoms with Gasteiger partial charge in [0, 0.05) is 26.0 Å². The number of ether oxygens (including phenoxy) is 1. The Hall–Kier alpha value is -2.34. The predicted octanol–water partition coefficient (Wildman–Crippen LogP) is 5.13. The van der Waals surface area contributed by atoms with Crippen LogP contribution in [-0.4, -0.2) is 0 Å². The molecule has 0 radical (unpaired) electrons. The van der Waals surface area contributed by atoms with Crippen LogP contribution in [0.4, 0.5) is 0 Å². The Morgan fingerprint density at radius 2 is 1.79 bits per heavy atom. The van der Waals surface area contributed by atoms with Crippen LogP contribution in [-0.2, 0) is 6.61 Å². The van der Waals surface area contributed by atoms with Crippen LogP contribution in [0.2, 0.25) is 0 Å². The number of benzene rings is 3. The van der Waals surface area contributed by atoms with Gasteiger partial charge in [-0.3, -0.25) is 0 Å². The lowest BCUT2D eigenvalue weighted by Gasteiger charge is -2.10. The lowest BCUT2D eigenvalue weighted by Crippen LogP contribution is -2.04. The van der Waals surface area contributed by atoms with Crippen LogP contribution in [0.3, 0.4) is 0 Å². The fraction of sp³-hybridized carbons (Fsp3) is 0.0500. The van der Waals surface area contributed by atoms with Gasteiger partial charge in [-0.15, -0.1) is 0 Å². The molecule has 3 aromatic carbocycles. The summed E-state index contributed by atoms with van der Waals surface area (Å²) in [7, 11) is 0. The average Bonchev–Trinajstić information content (AvgIpc) is 2.59. The number of hydrogen-bond acceptors (Lipinski definition) is 3. The molecular formula is C20H13IO3. The van der Waals surface area contributed by atoms with E-state index in [4.69, 9.17) is 9.15 Å². The molecule has 3 nitrogen and oxygen atoms in total. The molecule has 0 amide bonds. The lowest BCUT2D eigenvalue weighted by atomic mass is 10.0. The summed E-state index contributed by atoms with van der Waals surface area (Å²) in [5.41, 5.74) is 1.08. The summed E-state index contributed by atoms with van der Waals surface area (Å²) in [5.74, 6) is 0.782. The minimum atomic E-state index is -0.361. The minimum absolute atomic E-state index is 0.320. The molecule has 1 aromatic heterocycles. The summed E-state index contributed by atoms with van der Waals surface area (Å²) < 4.78 is 12.4. The molecule has 0 saturated heterocycles. The maximum atomic E-state index is 12.0. The van der Waals surface area contributed by atoms with Gasteiger partial charge < -0.3 is 9.15 Å². The third kappa shape index (κ3) is 2.89. The zero-order valence-electron chi connectivity index (χ0n) is 12.7. The quantitative estimate of drug-likeness (QED) is 0.258. The van der Waals surface area contributed by atoms with E-state index in [2.05, 4.69) is 22.6 Å². The van der Waals surface area contributed by atoms with Gasteiger partial charge in [-0.2, -0.15) is 0 Å². The standard InChI is InChI=1S/C20H13IO3/c21-15-5-3-6-16(11-15)23-12-14-10-19(22)24-20-17-7-2-1-4-13(17)8-9-18(14)20/h1-11H,12H2. The maximum Gasteiger partial charge on any atom is 0.336 e. The third-order valence-electron chi connectivity index (χ3n) is 3.91. The molecule has 0 bridgehead atoms. The Morgan fingerprint density at radius 1 is 0.917 bits per heavy atom. The second kappa shape index (κ2) is 6.28. The monoisotopic (exact) mass is 428 g/mol. The normalized spacial score (nSPS) is 11.0. The van der Waals surface area contributed by atoms with E-state index in [1.54, 1.807) is 0 Å². The van der Waals surface area contributed by atoms with Crippen LogP contribution in [0.1, 0.15) is 5.56 Å². The van der Waals surface area contributed by atoms with Gasteiger partial charge in [0.15, 0.2) is 0 Å². The Labute approximate surface area is 152 Å². The van der Waals surface area contributed by atoms with Gasteiger partial charge in [0.25, 0.3) is 0 Å². The summed E-state index contributed by atoms with van der Waals surface area (Å²) >= 11 is 2.24. The van der Waals surface area contributed by atoms with Crippen LogP contribution >= 0.6 is 22.6 Å². The first kappa shape index (κ1) is 15.2. The second-order valence-corrected chi connectivity index (χ2v) is 6.75. The predicted molar refractivity (Wildman–Crippen MR) is 103 cm³/mol. The van der Waals surface area contributed by atoms with Gasteiger partial charge in [-0.05, 0) is 46.2 Å². The van der Waals surface area contributed by atoms with E-state index in [-0.39, 0.29) is 5.63 Å². The Kier molecular flexibility index (Phi) is 3.98. The molecule has 4 heteroatoms. The fourth-order valence-electron chi connectivity index (χ4n) is 2.79. The average molecular weight is 428 g/mol.